The Bertz CT molecular complexity index is 835. The molecule has 0 saturated heterocycles. The molecule has 8 heteroatoms. The first-order chi connectivity index (χ1) is 12.8. The third-order valence-electron chi connectivity index (χ3n) is 3.87. The Hall–Kier alpha value is -3.42. The van der Waals surface area contributed by atoms with Crippen molar-refractivity contribution in [2.45, 2.75) is 26.8 Å². The molecule has 2 rings (SSSR count). The lowest BCUT2D eigenvalue weighted by molar-refractivity contribution is -0.122. The van der Waals surface area contributed by atoms with Gasteiger partial charge in [-0.2, -0.15) is 0 Å². The van der Waals surface area contributed by atoms with Crippen LogP contribution < -0.4 is 21.7 Å². The molecule has 142 valence electrons. The predicted octanol–water partition coefficient (Wildman–Crippen LogP) is 2.64. The second-order valence-corrected chi connectivity index (χ2v) is 6.41. The first kappa shape index (κ1) is 19.9. The van der Waals surface area contributed by atoms with Crippen molar-refractivity contribution in [3.05, 3.63) is 53.7 Å². The molecule has 1 aromatic heterocycles. The minimum absolute atomic E-state index is 0.132. The van der Waals surface area contributed by atoms with Crippen molar-refractivity contribution in [3.8, 4) is 0 Å². The molecule has 2 aromatic rings. The average molecular weight is 368 g/mol. The Kier molecular flexibility index (Phi) is 6.48. The van der Waals surface area contributed by atoms with Crippen LogP contribution in [0.3, 0.4) is 0 Å². The van der Waals surface area contributed by atoms with Crippen molar-refractivity contribution in [3.63, 3.8) is 0 Å². The molecular weight excluding hydrogens is 344 g/mol. The topological polar surface area (TPSA) is 133 Å². The van der Waals surface area contributed by atoms with Crippen molar-refractivity contribution >= 4 is 29.3 Å². The van der Waals surface area contributed by atoms with E-state index in [0.29, 0.717) is 0 Å². The Morgan fingerprint density at radius 1 is 1.15 bits per heavy atom. The van der Waals surface area contributed by atoms with E-state index in [1.807, 2.05) is 37.3 Å². The predicted molar refractivity (Wildman–Crippen MR) is 105 cm³/mol. The number of hydrogen-bond donors (Lipinski definition) is 5. The number of pyridine rings is 1. The van der Waals surface area contributed by atoms with E-state index in [4.69, 9.17) is 11.1 Å². The van der Waals surface area contributed by atoms with Gasteiger partial charge in [-0.15, -0.1) is 0 Å². The number of amides is 3. The summed E-state index contributed by atoms with van der Waals surface area (Å²) < 4.78 is 0. The molecule has 0 aliphatic carbocycles. The molecule has 0 unspecified atom stereocenters. The number of nitrogens with zero attached hydrogens (tertiary/aromatic N) is 1. The lowest BCUT2D eigenvalue weighted by Crippen LogP contribution is -2.34. The van der Waals surface area contributed by atoms with E-state index in [0.717, 1.165) is 5.56 Å². The maximum absolute atomic E-state index is 12.1. The van der Waals surface area contributed by atoms with Crippen molar-refractivity contribution in [1.82, 2.24) is 15.6 Å². The number of amidine groups is 1. The number of urea groups is 1. The second kappa shape index (κ2) is 8.79. The van der Waals surface area contributed by atoms with Gasteiger partial charge in [0.25, 0.3) is 0 Å². The van der Waals surface area contributed by atoms with Crippen molar-refractivity contribution in [1.29, 1.82) is 5.41 Å². The number of rotatable bonds is 5. The fourth-order valence-corrected chi connectivity index (χ4v) is 2.26. The van der Waals surface area contributed by atoms with Gasteiger partial charge >= 0.3 is 6.03 Å². The van der Waals surface area contributed by atoms with Crippen LogP contribution >= 0.6 is 0 Å². The molecule has 0 saturated carbocycles. The quantitative estimate of drug-likeness (QED) is 0.410. The molecule has 1 aromatic carbocycles. The van der Waals surface area contributed by atoms with Crippen LogP contribution in [0.5, 0.6) is 0 Å². The molecule has 0 aliphatic rings. The second-order valence-electron chi connectivity index (χ2n) is 6.41. The number of carbonyl (C=O) groups is 2. The smallest absolute Gasteiger partial charge is 0.320 e. The van der Waals surface area contributed by atoms with E-state index >= 15 is 0 Å². The van der Waals surface area contributed by atoms with Crippen molar-refractivity contribution in [2.75, 3.05) is 11.1 Å². The number of nitrogens with one attached hydrogen (secondary N) is 4. The normalized spacial score (nSPS) is 11.6. The van der Waals surface area contributed by atoms with Crippen LogP contribution in [0.15, 0.2) is 42.6 Å². The van der Waals surface area contributed by atoms with E-state index in [-0.39, 0.29) is 40.8 Å². The highest BCUT2D eigenvalue weighted by atomic mass is 16.2. The van der Waals surface area contributed by atoms with Gasteiger partial charge in [0, 0.05) is 23.9 Å². The van der Waals surface area contributed by atoms with Crippen LogP contribution in [0.25, 0.3) is 0 Å². The van der Waals surface area contributed by atoms with Gasteiger partial charge in [-0.25, -0.2) is 9.78 Å². The molecule has 27 heavy (non-hydrogen) atoms. The van der Waals surface area contributed by atoms with Gasteiger partial charge in [0.1, 0.15) is 11.7 Å². The molecule has 6 N–H and O–H groups in total. The number of aromatic nitrogens is 1. The van der Waals surface area contributed by atoms with Gasteiger partial charge in [-0.05, 0) is 12.5 Å². The number of anilines is 2. The first-order valence-electron chi connectivity index (χ1n) is 8.55. The molecule has 0 aliphatic heterocycles. The summed E-state index contributed by atoms with van der Waals surface area (Å²) in [7, 11) is 0. The van der Waals surface area contributed by atoms with Gasteiger partial charge in [0.15, 0.2) is 0 Å². The molecule has 0 radical (unpaired) electrons. The Morgan fingerprint density at radius 3 is 2.41 bits per heavy atom. The Balaban J connectivity index is 1.99. The lowest BCUT2D eigenvalue weighted by atomic mass is 10.1. The van der Waals surface area contributed by atoms with E-state index in [9.17, 15) is 9.59 Å². The summed E-state index contributed by atoms with van der Waals surface area (Å²) in [4.78, 5) is 27.9. The van der Waals surface area contributed by atoms with E-state index in [2.05, 4.69) is 20.9 Å². The van der Waals surface area contributed by atoms with Crippen LogP contribution in [-0.2, 0) is 4.79 Å². The van der Waals surface area contributed by atoms with Gasteiger partial charge in [-0.1, -0.05) is 44.2 Å². The largest absolute Gasteiger partial charge is 0.398 e. The summed E-state index contributed by atoms with van der Waals surface area (Å²) >= 11 is 0. The number of hydrogen-bond acceptors (Lipinski definition) is 5. The van der Waals surface area contributed by atoms with Gasteiger partial charge in [0.05, 0.1) is 11.6 Å². The molecule has 1 heterocycles. The van der Waals surface area contributed by atoms with Crippen LogP contribution in [0.4, 0.5) is 16.3 Å². The highest BCUT2D eigenvalue weighted by Gasteiger charge is 2.15. The molecule has 0 fully saturated rings. The molecule has 0 bridgehead atoms. The monoisotopic (exact) mass is 368 g/mol. The molecule has 8 nitrogen and oxygen atoms in total. The zero-order valence-corrected chi connectivity index (χ0v) is 15.5. The SMILES string of the molecule is CC(C)C(=O)NC(=N)c1cnc(NC(=O)N[C@H](C)c2ccccc2)cc1N. The molecule has 3 amide bonds. The molecule has 1 atom stereocenters. The summed E-state index contributed by atoms with van der Waals surface area (Å²) in [5.41, 5.74) is 7.43. The van der Waals surface area contributed by atoms with Crippen LogP contribution in [0.2, 0.25) is 0 Å². The van der Waals surface area contributed by atoms with E-state index in [1.165, 1.54) is 12.3 Å². The fraction of sp³-hybridized carbons (Fsp3) is 0.263. The first-order valence-corrected chi connectivity index (χ1v) is 8.55. The highest BCUT2D eigenvalue weighted by Crippen LogP contribution is 2.16. The molecular formula is C19H24N6O2. The minimum Gasteiger partial charge on any atom is -0.398 e. The third-order valence-corrected chi connectivity index (χ3v) is 3.87. The zero-order chi connectivity index (χ0) is 20.0. The van der Waals surface area contributed by atoms with Crippen LogP contribution in [0, 0.1) is 11.3 Å². The summed E-state index contributed by atoms with van der Waals surface area (Å²) in [6.07, 6.45) is 1.34. The zero-order valence-electron chi connectivity index (χ0n) is 15.5. The van der Waals surface area contributed by atoms with Crippen molar-refractivity contribution < 1.29 is 9.59 Å². The summed E-state index contributed by atoms with van der Waals surface area (Å²) in [5.74, 6) is -0.420. The highest BCUT2D eigenvalue weighted by molar-refractivity contribution is 6.09. The van der Waals surface area contributed by atoms with Crippen molar-refractivity contribution in [2.24, 2.45) is 5.92 Å². The summed E-state index contributed by atoms with van der Waals surface area (Å²) in [6.45, 7) is 5.33. The fourth-order valence-electron chi connectivity index (χ4n) is 2.26. The third kappa shape index (κ3) is 5.53. The lowest BCUT2D eigenvalue weighted by Gasteiger charge is -2.15. The minimum atomic E-state index is -0.422. The number of carbonyl (C=O) groups excluding carboxylic acids is 2. The maximum Gasteiger partial charge on any atom is 0.320 e. The van der Waals surface area contributed by atoms with E-state index < -0.39 is 6.03 Å². The summed E-state index contributed by atoms with van der Waals surface area (Å²) in [5, 5.41) is 15.8. The Morgan fingerprint density at radius 2 is 1.81 bits per heavy atom. The standard InChI is InChI=1S/C19H24N6O2/c1-11(2)18(26)25-17(21)14-10-22-16(9-15(14)20)24-19(27)23-12(3)13-7-5-4-6-8-13/h4-12H,1-3H3,(H2,21,25,26)(H4,20,22,23,24,27)/t12-/m1/s1. The van der Waals surface area contributed by atoms with Gasteiger partial charge < -0.3 is 16.4 Å². The Labute approximate surface area is 158 Å². The van der Waals surface area contributed by atoms with Crippen LogP contribution in [0.1, 0.15) is 37.9 Å². The number of benzene rings is 1. The van der Waals surface area contributed by atoms with Gasteiger partial charge in [0.2, 0.25) is 5.91 Å². The average Bonchev–Trinajstić information content (AvgIpc) is 2.62. The molecule has 0 spiro atoms. The summed E-state index contributed by atoms with van der Waals surface area (Å²) in [6, 6.07) is 10.4. The maximum atomic E-state index is 12.1. The van der Waals surface area contributed by atoms with E-state index in [1.54, 1.807) is 13.8 Å². The van der Waals surface area contributed by atoms with Crippen LogP contribution in [-0.4, -0.2) is 22.8 Å². The number of nitrogens with two attached hydrogens (primary N) is 1. The number of nitrogen functional groups attached to an aromatic ring is 1. The van der Waals surface area contributed by atoms with Gasteiger partial charge in [-0.3, -0.25) is 15.5 Å².